The molecule has 7 heteroatoms. The van der Waals surface area contributed by atoms with Crippen LogP contribution in [0.3, 0.4) is 0 Å². The lowest BCUT2D eigenvalue weighted by molar-refractivity contribution is -0.384. The Morgan fingerprint density at radius 1 is 1.35 bits per heavy atom. The van der Waals surface area contributed by atoms with E-state index < -0.39 is 4.92 Å². The Labute approximate surface area is 96.9 Å². The molecule has 1 heterocycles. The van der Waals surface area contributed by atoms with Crippen molar-refractivity contribution < 1.29 is 4.92 Å². The van der Waals surface area contributed by atoms with E-state index in [1.165, 1.54) is 6.07 Å². The summed E-state index contributed by atoms with van der Waals surface area (Å²) < 4.78 is 0. The number of para-hydroxylation sites is 2. The van der Waals surface area contributed by atoms with Gasteiger partial charge in [0.1, 0.15) is 11.5 Å². The number of anilines is 1. The van der Waals surface area contributed by atoms with Crippen molar-refractivity contribution in [1.29, 1.82) is 0 Å². The first-order valence-corrected chi connectivity index (χ1v) is 5.14. The van der Waals surface area contributed by atoms with E-state index >= 15 is 0 Å². The number of hydrogen-bond donors (Lipinski definition) is 0. The number of nitro benzene ring substituents is 1. The Kier molecular flexibility index (Phi) is 3.08. The third-order valence-corrected chi connectivity index (χ3v) is 2.62. The highest BCUT2D eigenvalue weighted by atomic mass is 16.6. The average Bonchev–Trinajstić information content (AvgIpc) is 2.77. The van der Waals surface area contributed by atoms with Gasteiger partial charge in [-0.1, -0.05) is 17.2 Å². The second-order valence-electron chi connectivity index (χ2n) is 3.60. The van der Waals surface area contributed by atoms with E-state index in [1.54, 1.807) is 23.1 Å². The zero-order valence-electron chi connectivity index (χ0n) is 8.94. The fourth-order valence-electron chi connectivity index (χ4n) is 1.92. The molecule has 7 nitrogen and oxygen atoms in total. The van der Waals surface area contributed by atoms with E-state index in [0.717, 1.165) is 6.42 Å². The summed E-state index contributed by atoms with van der Waals surface area (Å²) in [6, 6.07) is 6.39. The van der Waals surface area contributed by atoms with E-state index in [2.05, 4.69) is 10.4 Å². The second-order valence-corrected chi connectivity index (χ2v) is 3.60. The molecule has 0 radical (unpaired) electrons. The molecular weight excluding hydrogens is 224 g/mol. The van der Waals surface area contributed by atoms with E-state index in [9.17, 15) is 15.0 Å². The first-order valence-electron chi connectivity index (χ1n) is 5.14. The van der Waals surface area contributed by atoms with Gasteiger partial charge in [0, 0.05) is 19.0 Å². The summed E-state index contributed by atoms with van der Waals surface area (Å²) in [4.78, 5) is 22.3. The van der Waals surface area contributed by atoms with Crippen molar-refractivity contribution in [3.05, 3.63) is 39.3 Å². The van der Waals surface area contributed by atoms with Gasteiger partial charge in [-0.3, -0.25) is 10.1 Å². The van der Waals surface area contributed by atoms with Crippen molar-refractivity contribution in [2.75, 3.05) is 11.4 Å². The first-order chi connectivity index (χ1) is 8.24. The summed E-state index contributed by atoms with van der Waals surface area (Å²) in [5, 5.41) is 16.9. The molecule has 0 amide bonds. The van der Waals surface area contributed by atoms with Crippen molar-refractivity contribution in [3.63, 3.8) is 0 Å². The van der Waals surface area contributed by atoms with Crippen molar-refractivity contribution in [3.8, 4) is 0 Å². The molecule has 0 aromatic heterocycles. The largest absolute Gasteiger partial charge is 0.323 e. The van der Waals surface area contributed by atoms with Gasteiger partial charge in [-0.2, -0.15) is 0 Å². The van der Waals surface area contributed by atoms with Gasteiger partial charge in [-0.05, 0) is 12.5 Å². The molecule has 0 saturated carbocycles. The average molecular weight is 234 g/mol. The smallest absolute Gasteiger partial charge is 0.292 e. The number of hydrogen-bond acceptors (Lipinski definition) is 4. The summed E-state index contributed by atoms with van der Waals surface area (Å²) in [5.41, 5.74) is 0.463. The topological polar surface area (TPSA) is 88.2 Å². The molecule has 17 heavy (non-hydrogen) atoms. The second kappa shape index (κ2) is 4.69. The Morgan fingerprint density at radius 2 is 2.12 bits per heavy atom. The van der Waals surface area contributed by atoms with Crippen molar-refractivity contribution in [1.82, 2.24) is 0 Å². The van der Waals surface area contributed by atoms with Crippen LogP contribution in [0, 0.1) is 15.0 Å². The lowest BCUT2D eigenvalue weighted by Crippen LogP contribution is -2.24. The normalized spacial score (nSPS) is 17.4. The maximum atomic E-state index is 10.9. The molecule has 1 aromatic rings. The highest BCUT2D eigenvalue weighted by molar-refractivity contribution is 6.01. The van der Waals surface area contributed by atoms with Gasteiger partial charge in [0.15, 0.2) is 0 Å². The SMILES string of the molecule is O=N/N=C1\CCCN1c1ccccc1[N+](=O)[O-]. The Bertz CT molecular complexity index is 486. The third kappa shape index (κ3) is 2.12. The van der Waals surface area contributed by atoms with Gasteiger partial charge >= 0.3 is 0 Å². The fourth-order valence-corrected chi connectivity index (χ4v) is 1.92. The van der Waals surface area contributed by atoms with Gasteiger partial charge in [-0.25, -0.2) is 0 Å². The Balaban J connectivity index is 2.43. The molecule has 1 aliphatic rings. The number of amidine groups is 1. The summed E-state index contributed by atoms with van der Waals surface area (Å²) >= 11 is 0. The molecule has 0 aliphatic carbocycles. The van der Waals surface area contributed by atoms with Crippen LogP contribution in [0.25, 0.3) is 0 Å². The fraction of sp³-hybridized carbons (Fsp3) is 0.300. The third-order valence-electron chi connectivity index (χ3n) is 2.62. The number of nitro groups is 1. The van der Waals surface area contributed by atoms with Crippen LogP contribution in [0.2, 0.25) is 0 Å². The zero-order valence-corrected chi connectivity index (χ0v) is 8.94. The van der Waals surface area contributed by atoms with Gasteiger partial charge in [0.2, 0.25) is 0 Å². The molecule has 0 bridgehead atoms. The van der Waals surface area contributed by atoms with Gasteiger partial charge in [0.25, 0.3) is 5.69 Å². The Morgan fingerprint density at radius 3 is 2.82 bits per heavy atom. The molecule has 0 unspecified atom stereocenters. The lowest BCUT2D eigenvalue weighted by atomic mass is 10.2. The monoisotopic (exact) mass is 234 g/mol. The van der Waals surface area contributed by atoms with Crippen LogP contribution < -0.4 is 4.90 Å². The maximum Gasteiger partial charge on any atom is 0.292 e. The molecule has 1 aromatic carbocycles. The van der Waals surface area contributed by atoms with E-state index in [4.69, 9.17) is 0 Å². The summed E-state index contributed by atoms with van der Waals surface area (Å²) in [5.74, 6) is 0.481. The van der Waals surface area contributed by atoms with Crippen LogP contribution in [0.1, 0.15) is 12.8 Å². The van der Waals surface area contributed by atoms with E-state index in [-0.39, 0.29) is 5.69 Å². The van der Waals surface area contributed by atoms with Crippen LogP contribution in [0.5, 0.6) is 0 Å². The van der Waals surface area contributed by atoms with Crippen LogP contribution in [-0.2, 0) is 0 Å². The van der Waals surface area contributed by atoms with Crippen molar-refractivity contribution >= 4 is 17.2 Å². The van der Waals surface area contributed by atoms with E-state index in [1.807, 2.05) is 0 Å². The Hall–Kier alpha value is -2.31. The van der Waals surface area contributed by atoms with Crippen molar-refractivity contribution in [2.45, 2.75) is 12.8 Å². The first kappa shape index (κ1) is 11.2. The molecule has 1 aliphatic heterocycles. The van der Waals surface area contributed by atoms with Gasteiger partial charge in [-0.15, -0.1) is 4.91 Å². The molecule has 88 valence electrons. The predicted octanol–water partition coefficient (Wildman–Crippen LogP) is 2.27. The number of rotatable bonds is 3. The number of benzene rings is 1. The standard InChI is InChI=1S/C10H10N4O3/c15-12-11-10-6-3-7-13(10)8-4-1-2-5-9(8)14(16)17/h1-2,4-5H,3,6-7H2/b11-10+. The van der Waals surface area contributed by atoms with Crippen molar-refractivity contribution in [2.24, 2.45) is 10.4 Å². The predicted molar refractivity (Wildman–Crippen MR) is 62.9 cm³/mol. The lowest BCUT2D eigenvalue weighted by Gasteiger charge is -2.17. The van der Waals surface area contributed by atoms with E-state index in [0.29, 0.717) is 24.5 Å². The zero-order chi connectivity index (χ0) is 12.3. The van der Waals surface area contributed by atoms with Crippen LogP contribution >= 0.6 is 0 Å². The van der Waals surface area contributed by atoms with Crippen LogP contribution in [-0.4, -0.2) is 17.3 Å². The highest BCUT2D eigenvalue weighted by Crippen LogP contribution is 2.31. The molecule has 1 saturated heterocycles. The summed E-state index contributed by atoms with van der Waals surface area (Å²) in [6.07, 6.45) is 1.41. The molecule has 1 fully saturated rings. The van der Waals surface area contributed by atoms with Gasteiger partial charge in [0.05, 0.1) is 10.2 Å². The molecule has 0 N–H and O–H groups in total. The highest BCUT2D eigenvalue weighted by Gasteiger charge is 2.26. The number of nitrogens with zero attached hydrogens (tertiary/aromatic N) is 4. The minimum Gasteiger partial charge on any atom is -0.323 e. The van der Waals surface area contributed by atoms with Crippen LogP contribution in [0.15, 0.2) is 34.7 Å². The van der Waals surface area contributed by atoms with Crippen LogP contribution in [0.4, 0.5) is 11.4 Å². The molecular formula is C10H10N4O3. The summed E-state index contributed by atoms with van der Waals surface area (Å²) in [7, 11) is 0. The summed E-state index contributed by atoms with van der Waals surface area (Å²) in [6.45, 7) is 0.610. The maximum absolute atomic E-state index is 10.9. The minimum atomic E-state index is -0.445. The van der Waals surface area contributed by atoms with Gasteiger partial charge < -0.3 is 4.90 Å². The molecule has 0 spiro atoms. The minimum absolute atomic E-state index is 0.00741. The quantitative estimate of drug-likeness (QED) is 0.456. The molecule has 0 atom stereocenters. The number of nitroso groups, excluding NO2 is 1. The molecule has 2 rings (SSSR count).